The van der Waals surface area contributed by atoms with Gasteiger partial charge in [-0.15, -0.1) is 0 Å². The lowest BCUT2D eigenvalue weighted by molar-refractivity contribution is 0.324. The third kappa shape index (κ3) is 4.07. The Morgan fingerprint density at radius 2 is 1.26 bits per heavy atom. The monoisotopic (exact) mass is 312 g/mol. The molecule has 0 saturated carbocycles. The summed E-state index contributed by atoms with van der Waals surface area (Å²) in [5, 5.41) is 0. The van der Waals surface area contributed by atoms with Crippen LogP contribution in [0.4, 0.5) is 0 Å². The zero-order valence-corrected chi connectivity index (χ0v) is 14.4. The van der Waals surface area contributed by atoms with Crippen LogP contribution in [0.25, 0.3) is 12.2 Å². The van der Waals surface area contributed by atoms with Gasteiger partial charge >= 0.3 is 0 Å². The summed E-state index contributed by atoms with van der Waals surface area (Å²) in [5.41, 5.74) is 3.49. The van der Waals surface area contributed by atoms with Crippen molar-refractivity contribution in [2.75, 3.05) is 21.3 Å². The van der Waals surface area contributed by atoms with E-state index in [1.165, 1.54) is 5.56 Å². The van der Waals surface area contributed by atoms with Crippen molar-refractivity contribution in [2.45, 2.75) is 19.8 Å². The molecule has 0 amide bonds. The summed E-state index contributed by atoms with van der Waals surface area (Å²) in [6.07, 6.45) is 4.11. The van der Waals surface area contributed by atoms with Crippen LogP contribution in [0.15, 0.2) is 36.4 Å². The first-order valence-electron chi connectivity index (χ1n) is 7.67. The molecule has 0 heterocycles. The van der Waals surface area contributed by atoms with Gasteiger partial charge in [0.2, 0.25) is 5.75 Å². The van der Waals surface area contributed by atoms with Gasteiger partial charge in [0.25, 0.3) is 0 Å². The molecule has 0 aliphatic rings. The van der Waals surface area contributed by atoms with E-state index in [0.29, 0.717) is 23.2 Å². The fourth-order valence-corrected chi connectivity index (χ4v) is 2.38. The molecule has 0 fully saturated rings. The van der Waals surface area contributed by atoms with Crippen molar-refractivity contribution in [1.29, 1.82) is 0 Å². The standard InChI is InChI=1S/C20H24O3/c1-14(2)17-10-8-15(9-11-17)6-7-16-12-18(21-3)20(23-5)19(13-16)22-4/h6-14H,1-5H3/b7-6-. The average molecular weight is 312 g/mol. The minimum absolute atomic E-state index is 0.545. The second kappa shape index (κ2) is 7.73. The molecular weight excluding hydrogens is 288 g/mol. The Balaban J connectivity index is 2.28. The molecule has 0 aliphatic carbocycles. The Morgan fingerprint density at radius 3 is 1.70 bits per heavy atom. The van der Waals surface area contributed by atoms with Gasteiger partial charge in [-0.2, -0.15) is 0 Å². The van der Waals surface area contributed by atoms with Gasteiger partial charge in [-0.3, -0.25) is 0 Å². The Morgan fingerprint density at radius 1 is 0.739 bits per heavy atom. The Labute approximate surface area is 138 Å². The van der Waals surface area contributed by atoms with Crippen molar-refractivity contribution >= 4 is 12.2 Å². The maximum absolute atomic E-state index is 5.37. The first kappa shape index (κ1) is 16.9. The molecule has 3 heteroatoms. The number of rotatable bonds is 6. The molecule has 2 rings (SSSR count). The minimum atomic E-state index is 0.545. The Kier molecular flexibility index (Phi) is 5.69. The summed E-state index contributed by atoms with van der Waals surface area (Å²) < 4.78 is 16.1. The van der Waals surface area contributed by atoms with Crippen LogP contribution in [0.1, 0.15) is 36.5 Å². The summed E-state index contributed by atoms with van der Waals surface area (Å²) >= 11 is 0. The third-order valence-electron chi connectivity index (χ3n) is 3.76. The number of benzene rings is 2. The maximum Gasteiger partial charge on any atom is 0.203 e. The number of hydrogen-bond acceptors (Lipinski definition) is 3. The molecule has 23 heavy (non-hydrogen) atoms. The average Bonchev–Trinajstić information content (AvgIpc) is 2.59. The van der Waals surface area contributed by atoms with Gasteiger partial charge in [0.15, 0.2) is 11.5 Å². The molecule has 2 aromatic carbocycles. The topological polar surface area (TPSA) is 27.7 Å². The van der Waals surface area contributed by atoms with Crippen molar-refractivity contribution in [2.24, 2.45) is 0 Å². The van der Waals surface area contributed by atoms with E-state index in [2.05, 4.69) is 44.2 Å². The van der Waals surface area contributed by atoms with E-state index >= 15 is 0 Å². The van der Waals surface area contributed by atoms with Gasteiger partial charge < -0.3 is 14.2 Å². The van der Waals surface area contributed by atoms with E-state index in [-0.39, 0.29) is 0 Å². The lowest BCUT2D eigenvalue weighted by Crippen LogP contribution is -1.95. The van der Waals surface area contributed by atoms with Gasteiger partial charge in [0.05, 0.1) is 21.3 Å². The molecule has 0 saturated heterocycles. The van der Waals surface area contributed by atoms with Gasteiger partial charge in [0.1, 0.15) is 0 Å². The van der Waals surface area contributed by atoms with Crippen LogP contribution in [-0.2, 0) is 0 Å². The van der Waals surface area contributed by atoms with E-state index in [4.69, 9.17) is 14.2 Å². The van der Waals surface area contributed by atoms with Crippen LogP contribution in [0.2, 0.25) is 0 Å². The van der Waals surface area contributed by atoms with Crippen LogP contribution in [0, 0.1) is 0 Å². The van der Waals surface area contributed by atoms with E-state index in [1.54, 1.807) is 21.3 Å². The lowest BCUT2D eigenvalue weighted by atomic mass is 10.0. The molecule has 0 aromatic heterocycles. The highest BCUT2D eigenvalue weighted by Gasteiger charge is 2.11. The van der Waals surface area contributed by atoms with Crippen LogP contribution in [0.3, 0.4) is 0 Å². The quantitative estimate of drug-likeness (QED) is 0.702. The fraction of sp³-hybridized carbons (Fsp3) is 0.300. The molecule has 0 N–H and O–H groups in total. The minimum Gasteiger partial charge on any atom is -0.493 e. The molecule has 0 unspecified atom stereocenters. The number of ether oxygens (including phenoxy) is 3. The molecule has 0 aliphatic heterocycles. The van der Waals surface area contributed by atoms with Crippen LogP contribution >= 0.6 is 0 Å². The highest BCUT2D eigenvalue weighted by molar-refractivity contribution is 5.72. The zero-order valence-electron chi connectivity index (χ0n) is 14.4. The second-order valence-corrected chi connectivity index (χ2v) is 5.61. The number of methoxy groups -OCH3 is 3. The smallest absolute Gasteiger partial charge is 0.203 e. The van der Waals surface area contributed by atoms with Gasteiger partial charge in [-0.25, -0.2) is 0 Å². The Hall–Kier alpha value is -2.42. The summed E-state index contributed by atoms with van der Waals surface area (Å²) in [6.45, 7) is 4.39. The van der Waals surface area contributed by atoms with Crippen molar-refractivity contribution in [3.63, 3.8) is 0 Å². The van der Waals surface area contributed by atoms with Gasteiger partial charge in [-0.1, -0.05) is 50.3 Å². The van der Waals surface area contributed by atoms with E-state index in [1.807, 2.05) is 18.2 Å². The van der Waals surface area contributed by atoms with Crippen molar-refractivity contribution in [3.8, 4) is 17.2 Å². The maximum atomic E-state index is 5.37. The molecule has 2 aromatic rings. The molecule has 122 valence electrons. The van der Waals surface area contributed by atoms with Crippen LogP contribution in [0.5, 0.6) is 17.2 Å². The first-order chi connectivity index (χ1) is 11.1. The van der Waals surface area contributed by atoms with Gasteiger partial charge in [0, 0.05) is 0 Å². The highest BCUT2D eigenvalue weighted by atomic mass is 16.5. The molecule has 0 bridgehead atoms. The molecule has 0 spiro atoms. The zero-order chi connectivity index (χ0) is 16.8. The predicted octanol–water partition coefficient (Wildman–Crippen LogP) is 5.01. The molecular formula is C20H24O3. The molecule has 3 nitrogen and oxygen atoms in total. The van der Waals surface area contributed by atoms with Gasteiger partial charge in [-0.05, 0) is 34.7 Å². The summed E-state index contributed by atoms with van der Waals surface area (Å²) in [6, 6.07) is 12.5. The highest BCUT2D eigenvalue weighted by Crippen LogP contribution is 2.38. The largest absolute Gasteiger partial charge is 0.493 e. The van der Waals surface area contributed by atoms with Crippen LogP contribution in [-0.4, -0.2) is 21.3 Å². The van der Waals surface area contributed by atoms with E-state index < -0.39 is 0 Å². The third-order valence-corrected chi connectivity index (χ3v) is 3.76. The summed E-state index contributed by atoms with van der Waals surface area (Å²) in [5.74, 6) is 2.46. The first-order valence-corrected chi connectivity index (χ1v) is 7.67. The second-order valence-electron chi connectivity index (χ2n) is 5.61. The lowest BCUT2D eigenvalue weighted by Gasteiger charge is -2.12. The Bertz CT molecular complexity index is 645. The van der Waals surface area contributed by atoms with Crippen molar-refractivity contribution < 1.29 is 14.2 Å². The number of hydrogen-bond donors (Lipinski definition) is 0. The summed E-state index contributed by atoms with van der Waals surface area (Å²) in [7, 11) is 4.84. The predicted molar refractivity (Wildman–Crippen MR) is 95.6 cm³/mol. The fourth-order valence-electron chi connectivity index (χ4n) is 2.38. The van der Waals surface area contributed by atoms with Crippen molar-refractivity contribution in [1.82, 2.24) is 0 Å². The molecule has 0 atom stereocenters. The summed E-state index contributed by atoms with van der Waals surface area (Å²) in [4.78, 5) is 0. The van der Waals surface area contributed by atoms with E-state index in [0.717, 1.165) is 11.1 Å². The van der Waals surface area contributed by atoms with Crippen LogP contribution < -0.4 is 14.2 Å². The SMILES string of the molecule is COc1cc(/C=C\c2ccc(C(C)C)cc2)cc(OC)c1OC. The molecule has 0 radical (unpaired) electrons. The van der Waals surface area contributed by atoms with Crippen molar-refractivity contribution in [3.05, 3.63) is 53.1 Å². The van der Waals surface area contributed by atoms with E-state index in [9.17, 15) is 0 Å². The normalized spacial score (nSPS) is 11.0.